The van der Waals surface area contributed by atoms with Crippen LogP contribution in [0.2, 0.25) is 0 Å². The van der Waals surface area contributed by atoms with E-state index in [1.54, 1.807) is 52.1 Å². The highest BCUT2D eigenvalue weighted by atomic mass is 16.7. The molecule has 0 aromatic heterocycles. The van der Waals surface area contributed by atoms with Crippen LogP contribution >= 0.6 is 0 Å². The van der Waals surface area contributed by atoms with Gasteiger partial charge in [0.2, 0.25) is 5.79 Å². The van der Waals surface area contributed by atoms with E-state index in [0.717, 1.165) is 5.57 Å². The number of hydrogen-bond donors (Lipinski definition) is 3. The Kier molecular flexibility index (Phi) is 18.0. The van der Waals surface area contributed by atoms with Crippen LogP contribution in [0.25, 0.3) is 0 Å². The van der Waals surface area contributed by atoms with E-state index in [4.69, 9.17) is 28.4 Å². The molecular formula is C49H73NO13. The van der Waals surface area contributed by atoms with Gasteiger partial charge in [0.1, 0.15) is 41.6 Å². The second-order valence-electron chi connectivity index (χ2n) is 18.7. The van der Waals surface area contributed by atoms with Crippen molar-refractivity contribution in [2.45, 2.75) is 167 Å². The van der Waals surface area contributed by atoms with Gasteiger partial charge in [-0.3, -0.25) is 14.4 Å². The van der Waals surface area contributed by atoms with E-state index >= 15 is 0 Å². The number of ketones is 2. The standard InChI is InChI=1S/C49H73NO13/c1-10-34-22-28(2)21-29(3)23-42(59-8)45-43(60-9)25-31(5)49(57,63-45)46(54)47(55)50-20-12-11-13-37(50)48(56)62-44(32(6)38(51)27-39(34)52)30(4)24-33-14-19-41(40(53)26-33)61-36-17-15-35(58-7)16-18-36/h15-18,22,24,29,31-34,37-38,40-45,51,53,57H,10-14,19-21,23,25-27H2,1-9H3. The number of cyclic esters (lactones) is 1. The fourth-order valence-electron chi connectivity index (χ4n) is 10.1. The lowest BCUT2D eigenvalue weighted by Gasteiger charge is -2.47. The van der Waals surface area contributed by atoms with Crippen molar-refractivity contribution in [1.29, 1.82) is 0 Å². The molecule has 352 valence electrons. The van der Waals surface area contributed by atoms with E-state index in [0.29, 0.717) is 68.4 Å². The van der Waals surface area contributed by atoms with Crippen molar-refractivity contribution in [2.75, 3.05) is 27.9 Å². The lowest BCUT2D eigenvalue weighted by molar-refractivity contribution is -0.302. The summed E-state index contributed by atoms with van der Waals surface area (Å²) < 4.78 is 35.7. The molecule has 2 saturated heterocycles. The molecule has 1 aromatic rings. The van der Waals surface area contributed by atoms with Crippen LogP contribution in [0.5, 0.6) is 11.5 Å². The number of nitrogens with zero attached hydrogens (tertiary/aromatic N) is 1. The number of hydrogen-bond acceptors (Lipinski definition) is 13. The summed E-state index contributed by atoms with van der Waals surface area (Å²) in [6.45, 7) is 11.2. The molecule has 63 heavy (non-hydrogen) atoms. The molecule has 3 heterocycles. The van der Waals surface area contributed by atoms with E-state index in [-0.39, 0.29) is 43.4 Å². The number of aliphatic hydroxyl groups excluding tert-OH is 2. The minimum atomic E-state index is -2.52. The molecule has 14 atom stereocenters. The number of benzene rings is 1. The molecule has 2 bridgehead atoms. The Hall–Kier alpha value is -3.66. The maximum Gasteiger partial charge on any atom is 0.329 e. The average molecular weight is 884 g/mol. The predicted molar refractivity (Wildman–Crippen MR) is 235 cm³/mol. The first-order valence-corrected chi connectivity index (χ1v) is 23.0. The largest absolute Gasteiger partial charge is 0.497 e. The van der Waals surface area contributed by atoms with E-state index in [9.17, 15) is 34.5 Å². The summed E-state index contributed by atoms with van der Waals surface area (Å²) in [5.74, 6) is -6.46. The summed E-state index contributed by atoms with van der Waals surface area (Å²) in [5, 5.41) is 35.1. The zero-order chi connectivity index (χ0) is 46.2. The first-order chi connectivity index (χ1) is 29.9. The van der Waals surface area contributed by atoms with Crippen LogP contribution in [0.1, 0.15) is 112 Å². The molecule has 4 aliphatic rings. The van der Waals surface area contributed by atoms with Crippen molar-refractivity contribution >= 4 is 23.4 Å². The molecule has 14 unspecified atom stereocenters. The normalized spacial score (nSPS) is 37.3. The molecular weight excluding hydrogens is 811 g/mol. The summed E-state index contributed by atoms with van der Waals surface area (Å²) >= 11 is 0. The van der Waals surface area contributed by atoms with Gasteiger partial charge >= 0.3 is 5.97 Å². The number of piperidine rings is 1. The van der Waals surface area contributed by atoms with E-state index < -0.39 is 90.0 Å². The van der Waals surface area contributed by atoms with Gasteiger partial charge in [-0.15, -0.1) is 0 Å². The monoisotopic (exact) mass is 884 g/mol. The Bertz CT molecular complexity index is 1780. The van der Waals surface area contributed by atoms with Crippen molar-refractivity contribution in [2.24, 2.45) is 29.6 Å². The second kappa shape index (κ2) is 22.5. The number of carbonyl (C=O) groups is 4. The number of Topliss-reactive ketones (excluding diaryl/α,β-unsaturated/α-hetero) is 2. The van der Waals surface area contributed by atoms with Crippen LogP contribution in [0.15, 0.2) is 47.6 Å². The van der Waals surface area contributed by atoms with Crippen LogP contribution in [0.4, 0.5) is 0 Å². The molecule has 1 saturated carbocycles. The second-order valence-corrected chi connectivity index (χ2v) is 18.7. The van der Waals surface area contributed by atoms with Crippen molar-refractivity contribution in [3.63, 3.8) is 0 Å². The van der Waals surface area contributed by atoms with Gasteiger partial charge in [-0.05, 0) is 120 Å². The number of rotatable bonds is 8. The van der Waals surface area contributed by atoms with Gasteiger partial charge in [0.25, 0.3) is 11.7 Å². The van der Waals surface area contributed by atoms with Crippen LogP contribution in [-0.2, 0) is 38.1 Å². The Labute approximate surface area is 373 Å². The van der Waals surface area contributed by atoms with E-state index in [1.807, 2.05) is 32.9 Å². The first-order valence-electron chi connectivity index (χ1n) is 23.0. The number of fused-ring (bicyclic) bond motifs is 3. The topological polar surface area (TPSA) is 188 Å². The van der Waals surface area contributed by atoms with Gasteiger partial charge < -0.3 is 48.6 Å². The summed E-state index contributed by atoms with van der Waals surface area (Å²) in [4.78, 5) is 58.1. The Morgan fingerprint density at radius 3 is 2.17 bits per heavy atom. The molecule has 5 rings (SSSR count). The average Bonchev–Trinajstić information content (AvgIpc) is 3.27. The molecule has 3 fully saturated rings. The number of amides is 1. The molecule has 14 nitrogen and oxygen atoms in total. The first kappa shape index (κ1) is 50.3. The molecule has 1 amide bonds. The lowest BCUT2D eigenvalue weighted by Crippen LogP contribution is -2.64. The van der Waals surface area contributed by atoms with Crippen LogP contribution in [0.3, 0.4) is 0 Å². The Morgan fingerprint density at radius 2 is 1.54 bits per heavy atom. The summed E-state index contributed by atoms with van der Waals surface area (Å²) in [5.41, 5.74) is 1.61. The van der Waals surface area contributed by atoms with E-state index in [2.05, 4.69) is 0 Å². The number of esters is 1. The number of ether oxygens (including phenoxy) is 6. The third-order valence-corrected chi connectivity index (χ3v) is 13.9. The van der Waals surface area contributed by atoms with Gasteiger partial charge in [-0.1, -0.05) is 45.4 Å². The molecule has 1 aromatic carbocycles. The highest BCUT2D eigenvalue weighted by Crippen LogP contribution is 2.39. The molecule has 3 N–H and O–H groups in total. The quantitative estimate of drug-likeness (QED) is 0.159. The van der Waals surface area contributed by atoms with Crippen molar-refractivity contribution in [1.82, 2.24) is 4.90 Å². The zero-order valence-corrected chi connectivity index (χ0v) is 38.8. The molecule has 1 aliphatic carbocycles. The number of aliphatic hydroxyl groups is 3. The Morgan fingerprint density at radius 1 is 0.873 bits per heavy atom. The van der Waals surface area contributed by atoms with Gasteiger partial charge in [0, 0.05) is 44.9 Å². The fraction of sp³-hybridized carbons (Fsp3) is 0.714. The maximum atomic E-state index is 14.4. The van der Waals surface area contributed by atoms with Gasteiger partial charge in [0.05, 0.1) is 31.5 Å². The molecule has 0 spiro atoms. The summed E-state index contributed by atoms with van der Waals surface area (Å²) in [6, 6.07) is 6.02. The zero-order valence-electron chi connectivity index (χ0n) is 38.8. The summed E-state index contributed by atoms with van der Waals surface area (Å²) in [6.07, 6.45) is 2.99. The van der Waals surface area contributed by atoms with Crippen molar-refractivity contribution < 1.29 is 62.9 Å². The van der Waals surface area contributed by atoms with Gasteiger partial charge in [-0.25, -0.2) is 4.79 Å². The smallest absolute Gasteiger partial charge is 0.329 e. The third-order valence-electron chi connectivity index (χ3n) is 13.9. The number of allylic oxidation sites excluding steroid dienone is 3. The highest BCUT2D eigenvalue weighted by molar-refractivity contribution is 6.39. The highest BCUT2D eigenvalue weighted by Gasteiger charge is 2.56. The van der Waals surface area contributed by atoms with Gasteiger partial charge in [-0.2, -0.15) is 0 Å². The van der Waals surface area contributed by atoms with Crippen LogP contribution in [-0.4, -0.2) is 126 Å². The number of carbonyl (C=O) groups excluding carboxylic acids is 4. The lowest BCUT2D eigenvalue weighted by atomic mass is 9.81. The van der Waals surface area contributed by atoms with E-state index in [1.165, 1.54) is 19.1 Å². The van der Waals surface area contributed by atoms with Crippen LogP contribution < -0.4 is 9.47 Å². The predicted octanol–water partition coefficient (Wildman–Crippen LogP) is 5.91. The third kappa shape index (κ3) is 12.2. The van der Waals surface area contributed by atoms with Crippen molar-refractivity contribution in [3.05, 3.63) is 47.6 Å². The maximum absolute atomic E-state index is 14.4. The molecule has 3 aliphatic heterocycles. The van der Waals surface area contributed by atoms with Gasteiger partial charge in [0.15, 0.2) is 0 Å². The SMILES string of the molecule is CCC1C=C(C)CC(C)CC(OC)C2OC(O)(C(=O)C(=O)N3CCCCC3C(=O)OC(C(C)=CC3CCC(Oc4ccc(OC)cc4)C(O)C3)C(C)C(O)CC1=O)C(C)CC2OC. The number of methoxy groups -OCH3 is 3. The molecule has 0 radical (unpaired) electrons. The van der Waals surface area contributed by atoms with Crippen molar-refractivity contribution in [3.8, 4) is 11.5 Å². The minimum Gasteiger partial charge on any atom is -0.497 e. The minimum absolute atomic E-state index is 0.0226. The molecule has 14 heteroatoms. The summed E-state index contributed by atoms with van der Waals surface area (Å²) in [7, 11) is 4.65. The fourth-order valence-corrected chi connectivity index (χ4v) is 10.1. The Balaban J connectivity index is 1.47. The van der Waals surface area contributed by atoms with Crippen LogP contribution in [0, 0.1) is 29.6 Å².